The van der Waals surface area contributed by atoms with Crippen molar-refractivity contribution in [2.45, 2.75) is 5.16 Å². The van der Waals surface area contributed by atoms with Gasteiger partial charge >= 0.3 is 0 Å². The summed E-state index contributed by atoms with van der Waals surface area (Å²) in [4.78, 5) is 25.7. The van der Waals surface area contributed by atoms with Crippen LogP contribution in [0, 0.1) is 0 Å². The molecule has 1 amide bonds. The van der Waals surface area contributed by atoms with E-state index in [9.17, 15) is 9.59 Å². The molecule has 110 valence electrons. The molecule has 3 rings (SSSR count). The predicted octanol–water partition coefficient (Wildman–Crippen LogP) is 2.05. The number of amides is 1. The molecule has 0 atom stereocenters. The highest BCUT2D eigenvalue weighted by Crippen LogP contribution is 2.23. The molecule has 0 bridgehead atoms. The van der Waals surface area contributed by atoms with Gasteiger partial charge in [0.05, 0.1) is 5.75 Å². The largest absolute Gasteiger partial charge is 0.325 e. The zero-order valence-electron chi connectivity index (χ0n) is 11.4. The number of fused-ring (bicyclic) bond motifs is 1. The van der Waals surface area contributed by atoms with Gasteiger partial charge in [0.25, 0.3) is 5.56 Å². The molecule has 0 saturated heterocycles. The van der Waals surface area contributed by atoms with Gasteiger partial charge < -0.3 is 5.32 Å². The van der Waals surface area contributed by atoms with E-state index in [1.807, 2.05) is 42.5 Å². The van der Waals surface area contributed by atoms with Crippen molar-refractivity contribution in [2.24, 2.45) is 0 Å². The van der Waals surface area contributed by atoms with Crippen LogP contribution in [-0.4, -0.2) is 26.8 Å². The quantitative estimate of drug-likeness (QED) is 0.720. The van der Waals surface area contributed by atoms with Crippen molar-refractivity contribution in [1.82, 2.24) is 15.2 Å². The average molecular weight is 312 g/mol. The van der Waals surface area contributed by atoms with Crippen molar-refractivity contribution < 1.29 is 4.79 Å². The highest BCUT2D eigenvalue weighted by Gasteiger charge is 2.07. The lowest BCUT2D eigenvalue weighted by atomic mass is 10.1. The van der Waals surface area contributed by atoms with Crippen LogP contribution in [0.5, 0.6) is 0 Å². The number of nitrogens with zero attached hydrogens (tertiary/aromatic N) is 2. The van der Waals surface area contributed by atoms with E-state index in [-0.39, 0.29) is 17.2 Å². The monoisotopic (exact) mass is 312 g/mol. The van der Waals surface area contributed by atoms with Crippen molar-refractivity contribution in [2.75, 3.05) is 11.1 Å². The van der Waals surface area contributed by atoms with E-state index in [2.05, 4.69) is 20.5 Å². The number of nitrogens with one attached hydrogen (secondary N) is 2. The van der Waals surface area contributed by atoms with Gasteiger partial charge in [-0.3, -0.25) is 14.6 Å². The SMILES string of the molecule is O=C(CSc1nncc(=O)[nH]1)Nc1cccc2ccccc12. The second kappa shape index (κ2) is 6.40. The van der Waals surface area contributed by atoms with Crippen LogP contribution in [0.4, 0.5) is 5.69 Å². The number of thioether (sulfide) groups is 1. The third-order valence-electron chi connectivity index (χ3n) is 2.96. The molecular formula is C15H12N4O2S. The smallest absolute Gasteiger partial charge is 0.270 e. The highest BCUT2D eigenvalue weighted by molar-refractivity contribution is 7.99. The second-order valence-corrected chi connectivity index (χ2v) is 5.47. The Morgan fingerprint density at radius 2 is 2.00 bits per heavy atom. The van der Waals surface area contributed by atoms with E-state index in [4.69, 9.17) is 0 Å². The first-order chi connectivity index (χ1) is 10.7. The van der Waals surface area contributed by atoms with Crippen LogP contribution in [0.2, 0.25) is 0 Å². The topological polar surface area (TPSA) is 87.7 Å². The van der Waals surface area contributed by atoms with E-state index < -0.39 is 0 Å². The van der Waals surface area contributed by atoms with Crippen LogP contribution >= 0.6 is 11.8 Å². The Labute approximate surface area is 130 Å². The van der Waals surface area contributed by atoms with Crippen LogP contribution in [-0.2, 0) is 4.79 Å². The first-order valence-electron chi connectivity index (χ1n) is 6.55. The minimum absolute atomic E-state index is 0.137. The lowest BCUT2D eigenvalue weighted by Gasteiger charge is -2.08. The molecule has 0 unspecified atom stereocenters. The zero-order valence-corrected chi connectivity index (χ0v) is 12.3. The second-order valence-electron chi connectivity index (χ2n) is 4.50. The van der Waals surface area contributed by atoms with Crippen LogP contribution in [0.25, 0.3) is 10.8 Å². The van der Waals surface area contributed by atoms with Crippen LogP contribution in [0.1, 0.15) is 0 Å². The Bertz CT molecular complexity index is 873. The van der Waals surface area contributed by atoms with Crippen molar-refractivity contribution in [3.8, 4) is 0 Å². The van der Waals surface area contributed by atoms with Crippen molar-refractivity contribution in [3.63, 3.8) is 0 Å². The van der Waals surface area contributed by atoms with E-state index in [1.54, 1.807) is 0 Å². The fourth-order valence-electron chi connectivity index (χ4n) is 2.02. The van der Waals surface area contributed by atoms with Gasteiger partial charge in [-0.05, 0) is 11.5 Å². The third kappa shape index (κ3) is 3.32. The van der Waals surface area contributed by atoms with E-state index in [0.717, 1.165) is 34.4 Å². The summed E-state index contributed by atoms with van der Waals surface area (Å²) < 4.78 is 0. The van der Waals surface area contributed by atoms with E-state index >= 15 is 0 Å². The van der Waals surface area contributed by atoms with Crippen molar-refractivity contribution in [1.29, 1.82) is 0 Å². The number of carbonyl (C=O) groups excluding carboxylic acids is 1. The summed E-state index contributed by atoms with van der Waals surface area (Å²) in [7, 11) is 0. The Hall–Kier alpha value is -2.67. The molecule has 1 aromatic heterocycles. The summed E-state index contributed by atoms with van der Waals surface area (Å²) in [5.41, 5.74) is 0.420. The van der Waals surface area contributed by atoms with Gasteiger partial charge in [-0.1, -0.05) is 48.2 Å². The number of H-pyrrole nitrogens is 1. The molecule has 3 aromatic rings. The number of aromatic amines is 1. The molecule has 0 aliphatic rings. The minimum atomic E-state index is -0.341. The lowest BCUT2D eigenvalue weighted by molar-refractivity contribution is -0.113. The fourth-order valence-corrected chi connectivity index (χ4v) is 2.63. The van der Waals surface area contributed by atoms with E-state index in [1.165, 1.54) is 0 Å². The van der Waals surface area contributed by atoms with Gasteiger partial charge in [0.1, 0.15) is 6.20 Å². The molecule has 6 nitrogen and oxygen atoms in total. The van der Waals surface area contributed by atoms with Gasteiger partial charge in [-0.2, -0.15) is 5.10 Å². The summed E-state index contributed by atoms with van der Waals surface area (Å²) in [5, 5.41) is 12.5. The van der Waals surface area contributed by atoms with Crippen LogP contribution < -0.4 is 10.9 Å². The number of hydrogen-bond acceptors (Lipinski definition) is 5. The third-order valence-corrected chi connectivity index (χ3v) is 3.82. The van der Waals surface area contributed by atoms with Gasteiger partial charge in [-0.15, -0.1) is 5.10 Å². The highest BCUT2D eigenvalue weighted by atomic mass is 32.2. The molecule has 0 fully saturated rings. The van der Waals surface area contributed by atoms with Gasteiger partial charge in [0.2, 0.25) is 5.91 Å². The number of benzene rings is 2. The van der Waals surface area contributed by atoms with E-state index in [0.29, 0.717) is 5.16 Å². The standard InChI is InChI=1S/C15H12N4O2S/c20-13-8-16-19-15(18-13)22-9-14(21)17-12-7-3-5-10-4-1-2-6-11(10)12/h1-8H,9H2,(H,17,21)(H,18,19,20). The maximum atomic E-state index is 12.0. The Morgan fingerprint density at radius 1 is 1.18 bits per heavy atom. The molecule has 7 heteroatoms. The maximum Gasteiger partial charge on any atom is 0.270 e. The molecule has 2 aromatic carbocycles. The Kier molecular flexibility index (Phi) is 4.15. The zero-order chi connectivity index (χ0) is 15.4. The maximum absolute atomic E-state index is 12.0. The molecular weight excluding hydrogens is 300 g/mol. The first-order valence-corrected chi connectivity index (χ1v) is 7.53. The number of aromatic nitrogens is 3. The van der Waals surface area contributed by atoms with Crippen molar-refractivity contribution in [3.05, 3.63) is 59.0 Å². The Balaban J connectivity index is 1.70. The molecule has 0 aliphatic heterocycles. The Morgan fingerprint density at radius 3 is 2.86 bits per heavy atom. The minimum Gasteiger partial charge on any atom is -0.325 e. The molecule has 0 saturated carbocycles. The molecule has 22 heavy (non-hydrogen) atoms. The molecule has 0 radical (unpaired) electrons. The summed E-state index contributed by atoms with van der Waals surface area (Å²) >= 11 is 1.13. The average Bonchev–Trinajstić information content (AvgIpc) is 2.53. The summed E-state index contributed by atoms with van der Waals surface area (Å²) in [6.07, 6.45) is 1.08. The van der Waals surface area contributed by atoms with Crippen LogP contribution in [0.3, 0.4) is 0 Å². The van der Waals surface area contributed by atoms with Crippen LogP contribution in [0.15, 0.2) is 58.6 Å². The first kappa shape index (κ1) is 14.3. The number of hydrogen-bond donors (Lipinski definition) is 2. The number of rotatable bonds is 4. The van der Waals surface area contributed by atoms with Gasteiger partial charge in [-0.25, -0.2) is 0 Å². The summed E-state index contributed by atoms with van der Waals surface area (Å²) in [6, 6.07) is 13.6. The van der Waals surface area contributed by atoms with Gasteiger partial charge in [0.15, 0.2) is 5.16 Å². The summed E-state index contributed by atoms with van der Waals surface area (Å²) in [6.45, 7) is 0. The normalized spacial score (nSPS) is 10.5. The molecule has 1 heterocycles. The van der Waals surface area contributed by atoms with Gasteiger partial charge in [0, 0.05) is 11.1 Å². The predicted molar refractivity (Wildman–Crippen MR) is 86.0 cm³/mol. The lowest BCUT2D eigenvalue weighted by Crippen LogP contribution is -2.15. The number of anilines is 1. The fraction of sp³-hybridized carbons (Fsp3) is 0.0667. The molecule has 0 spiro atoms. The summed E-state index contributed by atoms with van der Waals surface area (Å²) in [5.74, 6) is -0.0365. The number of carbonyl (C=O) groups is 1. The molecule has 0 aliphatic carbocycles. The molecule has 2 N–H and O–H groups in total. The van der Waals surface area contributed by atoms with Crippen molar-refractivity contribution >= 4 is 34.1 Å².